The quantitative estimate of drug-likeness (QED) is 0.469. The minimum atomic E-state index is 0.0249. The molecule has 0 fully saturated rings. The Bertz CT molecular complexity index is 1240. The number of rotatable bonds is 5. The van der Waals surface area contributed by atoms with Crippen LogP contribution in [0.2, 0.25) is 0 Å². The summed E-state index contributed by atoms with van der Waals surface area (Å²) in [5.74, 6) is 0. The monoisotopic (exact) mass is 362 g/mol. The summed E-state index contributed by atoms with van der Waals surface area (Å²) in [7, 11) is 0. The van der Waals surface area contributed by atoms with E-state index in [9.17, 15) is 0 Å². The van der Waals surface area contributed by atoms with Gasteiger partial charge < -0.3 is 5.11 Å². The molecule has 0 saturated carbocycles. The van der Waals surface area contributed by atoms with E-state index in [2.05, 4.69) is 35.5 Å². The molecule has 134 valence electrons. The molecule has 0 bridgehead atoms. The Hall–Kier alpha value is -3.73. The molecule has 0 spiro atoms. The molecule has 0 aliphatic rings. The van der Waals surface area contributed by atoms with Crippen molar-refractivity contribution in [3.05, 3.63) is 48.8 Å². The van der Waals surface area contributed by atoms with Crippen LogP contribution in [0, 0.1) is 0 Å². The van der Waals surface area contributed by atoms with Gasteiger partial charge in [-0.1, -0.05) is 5.21 Å². The fourth-order valence-corrected chi connectivity index (χ4v) is 2.81. The highest BCUT2D eigenvalue weighted by Gasteiger charge is 2.12. The van der Waals surface area contributed by atoms with Crippen molar-refractivity contribution in [1.82, 2.24) is 49.3 Å². The number of aromatic nitrogens is 10. The summed E-state index contributed by atoms with van der Waals surface area (Å²) in [5.41, 5.74) is 4.08. The summed E-state index contributed by atoms with van der Waals surface area (Å²) in [6, 6.07) is 3.72. The van der Waals surface area contributed by atoms with Crippen molar-refractivity contribution in [2.24, 2.45) is 0 Å². The third kappa shape index (κ3) is 2.79. The predicted octanol–water partition coefficient (Wildman–Crippen LogP) is 0.168. The normalized spacial score (nSPS) is 11.6. The molecule has 0 aliphatic carbocycles. The Morgan fingerprint density at radius 2 is 2.04 bits per heavy atom. The van der Waals surface area contributed by atoms with Gasteiger partial charge in [0.2, 0.25) is 5.65 Å². The van der Waals surface area contributed by atoms with Crippen LogP contribution < -0.4 is 0 Å². The Morgan fingerprint density at radius 3 is 2.96 bits per heavy atom. The van der Waals surface area contributed by atoms with Crippen molar-refractivity contribution in [3.63, 3.8) is 0 Å². The number of nitrogens with zero attached hydrogens (tertiary/aromatic N) is 10. The third-order valence-electron chi connectivity index (χ3n) is 4.11. The Balaban J connectivity index is 1.50. The van der Waals surface area contributed by atoms with E-state index in [-0.39, 0.29) is 6.61 Å². The predicted molar refractivity (Wildman–Crippen MR) is 93.5 cm³/mol. The number of hydrogen-bond acceptors (Lipinski definition) is 8. The van der Waals surface area contributed by atoms with Gasteiger partial charge in [0.25, 0.3) is 0 Å². The smallest absolute Gasteiger partial charge is 0.221 e. The highest BCUT2D eigenvalue weighted by molar-refractivity contribution is 5.69. The maximum atomic E-state index is 9.02. The summed E-state index contributed by atoms with van der Waals surface area (Å²) >= 11 is 0. The largest absolute Gasteiger partial charge is 0.394 e. The second-order valence-electron chi connectivity index (χ2n) is 5.92. The van der Waals surface area contributed by atoms with Gasteiger partial charge in [-0.2, -0.15) is 10.2 Å². The van der Waals surface area contributed by atoms with Crippen LogP contribution in [0.25, 0.3) is 28.2 Å². The molecule has 5 aromatic rings. The lowest BCUT2D eigenvalue weighted by molar-refractivity contribution is 0.269. The lowest BCUT2D eigenvalue weighted by Gasteiger charge is -2.03. The van der Waals surface area contributed by atoms with Crippen molar-refractivity contribution >= 4 is 16.9 Å². The van der Waals surface area contributed by atoms with E-state index in [1.807, 2.05) is 24.5 Å². The molecule has 0 atom stereocenters. The summed E-state index contributed by atoms with van der Waals surface area (Å²) in [5, 5.41) is 25.6. The molecule has 5 heterocycles. The van der Waals surface area contributed by atoms with Gasteiger partial charge in [-0.15, -0.1) is 5.10 Å². The van der Waals surface area contributed by atoms with E-state index in [1.165, 1.54) is 0 Å². The lowest BCUT2D eigenvalue weighted by Crippen LogP contribution is -2.06. The van der Waals surface area contributed by atoms with E-state index in [0.29, 0.717) is 30.1 Å². The zero-order valence-electron chi connectivity index (χ0n) is 14.1. The average Bonchev–Trinajstić information content (AvgIpc) is 3.41. The van der Waals surface area contributed by atoms with Crippen LogP contribution in [0.3, 0.4) is 0 Å². The third-order valence-corrected chi connectivity index (χ3v) is 4.11. The van der Waals surface area contributed by atoms with Gasteiger partial charge in [-0.3, -0.25) is 4.68 Å². The minimum Gasteiger partial charge on any atom is -0.394 e. The number of hydrogen-bond donors (Lipinski definition) is 1. The van der Waals surface area contributed by atoms with Crippen molar-refractivity contribution < 1.29 is 5.11 Å². The summed E-state index contributed by atoms with van der Waals surface area (Å²) in [6.07, 6.45) is 8.69. The summed E-state index contributed by atoms with van der Waals surface area (Å²) < 4.78 is 5.02. The molecule has 0 radical (unpaired) electrons. The minimum absolute atomic E-state index is 0.0249. The number of aliphatic hydroxyl groups excluding tert-OH is 1. The molecule has 0 unspecified atom stereocenters. The van der Waals surface area contributed by atoms with Crippen molar-refractivity contribution in [1.29, 1.82) is 0 Å². The van der Waals surface area contributed by atoms with Crippen LogP contribution in [0.15, 0.2) is 43.1 Å². The molecule has 0 saturated heterocycles. The van der Waals surface area contributed by atoms with Gasteiger partial charge in [-0.05, 0) is 6.07 Å². The standard InChI is InChI=1S/C16H14N10O/c27-6-5-24-9-11(7-19-24)13-8-17-15-16(21-13)26(23-22-15)10-12-2-4-25-14(20-12)1-3-18-25/h1-4,7-9,27H,5-6,10H2. The van der Waals surface area contributed by atoms with E-state index in [1.54, 1.807) is 32.5 Å². The van der Waals surface area contributed by atoms with Crippen LogP contribution in [-0.2, 0) is 13.1 Å². The molecular weight excluding hydrogens is 348 g/mol. The van der Waals surface area contributed by atoms with E-state index in [4.69, 9.17) is 5.11 Å². The summed E-state index contributed by atoms with van der Waals surface area (Å²) in [4.78, 5) is 13.5. The summed E-state index contributed by atoms with van der Waals surface area (Å²) in [6.45, 7) is 0.870. The molecule has 11 heteroatoms. The Kier molecular flexibility index (Phi) is 3.57. The SMILES string of the molecule is OCCn1cc(-c2cnc3nnn(Cc4ccn5nccc5n4)c3n2)cn1. The first-order valence-corrected chi connectivity index (χ1v) is 8.29. The second-order valence-corrected chi connectivity index (χ2v) is 5.92. The first-order valence-electron chi connectivity index (χ1n) is 8.29. The fourth-order valence-electron chi connectivity index (χ4n) is 2.81. The van der Waals surface area contributed by atoms with Crippen LogP contribution >= 0.6 is 0 Å². The van der Waals surface area contributed by atoms with Crippen LogP contribution in [0.1, 0.15) is 5.69 Å². The molecule has 0 aromatic carbocycles. The lowest BCUT2D eigenvalue weighted by atomic mass is 10.3. The molecule has 1 N–H and O–H groups in total. The molecule has 27 heavy (non-hydrogen) atoms. The van der Waals surface area contributed by atoms with Crippen molar-refractivity contribution in [2.45, 2.75) is 13.1 Å². The molecular formula is C16H14N10O. The highest BCUT2D eigenvalue weighted by atomic mass is 16.3. The van der Waals surface area contributed by atoms with Crippen LogP contribution in [0.4, 0.5) is 0 Å². The maximum absolute atomic E-state index is 9.02. The molecule has 0 amide bonds. The number of fused-ring (bicyclic) bond motifs is 2. The first kappa shape index (κ1) is 15.5. The maximum Gasteiger partial charge on any atom is 0.221 e. The van der Waals surface area contributed by atoms with Crippen molar-refractivity contribution in [3.8, 4) is 11.3 Å². The van der Waals surface area contributed by atoms with Crippen molar-refractivity contribution in [2.75, 3.05) is 6.61 Å². The van der Waals surface area contributed by atoms with Gasteiger partial charge in [0.05, 0.1) is 49.7 Å². The Morgan fingerprint density at radius 1 is 1.07 bits per heavy atom. The van der Waals surface area contributed by atoms with E-state index < -0.39 is 0 Å². The topological polar surface area (TPSA) is 125 Å². The zero-order valence-corrected chi connectivity index (χ0v) is 14.1. The average molecular weight is 362 g/mol. The van der Waals surface area contributed by atoms with Crippen LogP contribution in [0.5, 0.6) is 0 Å². The molecule has 11 nitrogen and oxygen atoms in total. The Labute approximate surface area is 151 Å². The fraction of sp³-hybridized carbons (Fsp3) is 0.188. The van der Waals surface area contributed by atoms with E-state index in [0.717, 1.165) is 16.9 Å². The molecule has 5 aromatic heterocycles. The van der Waals surface area contributed by atoms with E-state index >= 15 is 0 Å². The van der Waals surface area contributed by atoms with Gasteiger partial charge in [-0.25, -0.2) is 24.1 Å². The highest BCUT2D eigenvalue weighted by Crippen LogP contribution is 2.18. The van der Waals surface area contributed by atoms with Crippen LogP contribution in [-0.4, -0.2) is 61.1 Å². The van der Waals surface area contributed by atoms with Gasteiger partial charge in [0.1, 0.15) is 0 Å². The van der Waals surface area contributed by atoms with Gasteiger partial charge in [0, 0.05) is 24.0 Å². The molecule has 5 rings (SSSR count). The first-order chi connectivity index (χ1) is 13.3. The van der Waals surface area contributed by atoms with Gasteiger partial charge >= 0.3 is 0 Å². The van der Waals surface area contributed by atoms with Gasteiger partial charge in [0.15, 0.2) is 11.3 Å². The second kappa shape index (κ2) is 6.21. The zero-order chi connectivity index (χ0) is 18.2. The number of aliphatic hydroxyl groups is 1. The molecule has 0 aliphatic heterocycles.